The molecule has 0 radical (unpaired) electrons. The molecule has 0 saturated carbocycles. The first-order valence-electron chi connectivity index (χ1n) is 12.5. The lowest BCUT2D eigenvalue weighted by molar-refractivity contribution is 0.251. The largest absolute Gasteiger partial charge is 0.508 e. The third-order valence-electron chi connectivity index (χ3n) is 7.42. The molecule has 0 fully saturated rings. The maximum absolute atomic E-state index is 16.0. The van der Waals surface area contributed by atoms with Crippen LogP contribution in [0.15, 0.2) is 51.3 Å². The van der Waals surface area contributed by atoms with Crippen LogP contribution in [0.2, 0.25) is 0 Å². The summed E-state index contributed by atoms with van der Waals surface area (Å²) < 4.78 is 30.6. The summed E-state index contributed by atoms with van der Waals surface area (Å²) in [6.07, 6.45) is 4.25. The smallest absolute Gasteiger partial charge is 0.175 e. The fourth-order valence-electron chi connectivity index (χ4n) is 4.92. The molecule has 2 aromatic rings. The molecule has 0 amide bonds. The first-order valence-corrected chi connectivity index (χ1v) is 12.5. The Morgan fingerprint density at radius 2 is 1.86 bits per heavy atom. The molecule has 3 rings (SSSR count). The molecule has 1 heterocycles. The number of rotatable bonds is 8. The third-order valence-corrected chi connectivity index (χ3v) is 7.42. The number of allylic oxidation sites excluding steroid dienone is 3. The van der Waals surface area contributed by atoms with Crippen LogP contribution >= 0.6 is 0 Å². The maximum Gasteiger partial charge on any atom is 0.175 e. The Labute approximate surface area is 207 Å². The van der Waals surface area contributed by atoms with Gasteiger partial charge in [-0.3, -0.25) is 9.98 Å². The van der Waals surface area contributed by atoms with E-state index in [1.165, 1.54) is 12.1 Å². The van der Waals surface area contributed by atoms with Gasteiger partial charge in [-0.1, -0.05) is 46.6 Å². The van der Waals surface area contributed by atoms with Crippen molar-refractivity contribution in [2.45, 2.75) is 53.9 Å². The van der Waals surface area contributed by atoms with E-state index in [2.05, 4.69) is 35.7 Å². The predicted molar refractivity (Wildman–Crippen MR) is 143 cm³/mol. The van der Waals surface area contributed by atoms with Crippen molar-refractivity contribution in [1.82, 2.24) is 4.90 Å². The second kappa shape index (κ2) is 11.1. The normalized spacial score (nSPS) is 18.4. The SMILES string of the molecule is CCc1c(F)ccc2cc(O)cc(C3=C(F)C(=NC)/C(=C(\C)N(C)CC(CC)C(C)CC)C=N3)c12. The van der Waals surface area contributed by atoms with E-state index in [9.17, 15) is 9.50 Å². The molecule has 4 nitrogen and oxygen atoms in total. The topological polar surface area (TPSA) is 48.2 Å². The Balaban J connectivity index is 2.12. The average molecular weight is 482 g/mol. The van der Waals surface area contributed by atoms with Gasteiger partial charge in [0, 0.05) is 43.7 Å². The molecule has 0 bridgehead atoms. The standard InChI is InChI=1S/C29H37F2N3O/c1-8-17(4)19(9-2)16-34(7)18(5)24-15-33-29(27(31)28(24)32-6)23-14-21(35)13-20-11-12-25(30)22(10-3)26(20)23/h11-15,17,19,35H,8-10,16H2,1-7H3/b24-18+,32-28?. The number of phenolic OH excluding ortho intramolecular Hbond substituents is 1. The number of aromatic hydroxyl groups is 1. The maximum atomic E-state index is 16.0. The molecule has 1 N–H and O–H groups in total. The molecular weight excluding hydrogens is 444 g/mol. The van der Waals surface area contributed by atoms with Crippen LogP contribution in [0.5, 0.6) is 5.75 Å². The lowest BCUT2D eigenvalue weighted by atomic mass is 9.89. The zero-order valence-electron chi connectivity index (χ0n) is 21.9. The average Bonchev–Trinajstić information content (AvgIpc) is 2.85. The van der Waals surface area contributed by atoms with E-state index in [0.717, 1.165) is 25.1 Å². The molecule has 35 heavy (non-hydrogen) atoms. The lowest BCUT2D eigenvalue weighted by Gasteiger charge is -2.30. The van der Waals surface area contributed by atoms with Crippen molar-refractivity contribution in [1.29, 1.82) is 0 Å². The molecule has 2 unspecified atom stereocenters. The van der Waals surface area contributed by atoms with Crippen LogP contribution in [-0.2, 0) is 6.42 Å². The van der Waals surface area contributed by atoms with Gasteiger partial charge >= 0.3 is 0 Å². The number of hydrogen-bond donors (Lipinski definition) is 1. The van der Waals surface area contributed by atoms with Crippen LogP contribution in [0, 0.1) is 17.7 Å². The van der Waals surface area contributed by atoms with E-state index in [-0.39, 0.29) is 23.0 Å². The molecule has 0 spiro atoms. The van der Waals surface area contributed by atoms with Gasteiger partial charge in [-0.05, 0) is 59.7 Å². The monoisotopic (exact) mass is 481 g/mol. The Hall–Kier alpha value is -3.02. The van der Waals surface area contributed by atoms with Crippen molar-refractivity contribution in [2.24, 2.45) is 21.8 Å². The van der Waals surface area contributed by atoms with Crippen molar-refractivity contribution in [2.75, 3.05) is 20.6 Å². The Morgan fingerprint density at radius 3 is 2.46 bits per heavy atom. The van der Waals surface area contributed by atoms with Gasteiger partial charge in [-0.25, -0.2) is 8.78 Å². The second-order valence-corrected chi connectivity index (χ2v) is 9.40. The predicted octanol–water partition coefficient (Wildman–Crippen LogP) is 7.32. The van der Waals surface area contributed by atoms with E-state index >= 15 is 4.39 Å². The van der Waals surface area contributed by atoms with Crippen molar-refractivity contribution < 1.29 is 13.9 Å². The summed E-state index contributed by atoms with van der Waals surface area (Å²) in [7, 11) is 3.58. The highest BCUT2D eigenvalue weighted by Gasteiger charge is 2.27. The van der Waals surface area contributed by atoms with Crippen molar-refractivity contribution in [3.8, 4) is 5.75 Å². The van der Waals surface area contributed by atoms with E-state index in [4.69, 9.17) is 0 Å². The van der Waals surface area contributed by atoms with E-state index < -0.39 is 5.83 Å². The molecule has 188 valence electrons. The number of aryl methyl sites for hydroxylation is 1. The van der Waals surface area contributed by atoms with Gasteiger partial charge in [0.1, 0.15) is 23.0 Å². The summed E-state index contributed by atoms with van der Waals surface area (Å²) in [5, 5.41) is 11.5. The number of fused-ring (bicyclic) bond motifs is 1. The van der Waals surface area contributed by atoms with E-state index in [1.807, 2.05) is 20.9 Å². The molecule has 1 aliphatic rings. The minimum Gasteiger partial charge on any atom is -0.508 e. The van der Waals surface area contributed by atoms with Crippen molar-refractivity contribution in [3.05, 3.63) is 58.3 Å². The summed E-state index contributed by atoms with van der Waals surface area (Å²) in [6, 6.07) is 5.98. The lowest BCUT2D eigenvalue weighted by Crippen LogP contribution is -2.30. The summed E-state index contributed by atoms with van der Waals surface area (Å²) in [6.45, 7) is 11.4. The van der Waals surface area contributed by atoms with Gasteiger partial charge < -0.3 is 10.0 Å². The number of halogens is 2. The molecule has 6 heteroatoms. The van der Waals surface area contributed by atoms with Gasteiger partial charge in [0.05, 0.1) is 0 Å². The minimum atomic E-state index is -0.579. The summed E-state index contributed by atoms with van der Waals surface area (Å²) >= 11 is 0. The van der Waals surface area contributed by atoms with Gasteiger partial charge in [0.25, 0.3) is 0 Å². The van der Waals surface area contributed by atoms with Gasteiger partial charge in [-0.2, -0.15) is 0 Å². The van der Waals surface area contributed by atoms with Crippen LogP contribution in [-0.4, -0.2) is 42.6 Å². The molecule has 0 saturated heterocycles. The number of nitrogens with zero attached hydrogens (tertiary/aromatic N) is 3. The van der Waals surface area contributed by atoms with E-state index in [1.54, 1.807) is 25.4 Å². The first-order chi connectivity index (χ1) is 16.7. The van der Waals surface area contributed by atoms with Crippen molar-refractivity contribution >= 4 is 28.4 Å². The highest BCUT2D eigenvalue weighted by molar-refractivity contribution is 6.29. The quantitative estimate of drug-likeness (QED) is 0.429. The number of phenols is 1. The highest BCUT2D eigenvalue weighted by Crippen LogP contribution is 2.38. The molecule has 2 aromatic carbocycles. The van der Waals surface area contributed by atoms with Crippen LogP contribution in [0.25, 0.3) is 16.5 Å². The Kier molecular flexibility index (Phi) is 8.47. The zero-order valence-corrected chi connectivity index (χ0v) is 21.9. The van der Waals surface area contributed by atoms with Crippen LogP contribution in [0.1, 0.15) is 58.6 Å². The molecule has 0 aromatic heterocycles. The molecule has 2 atom stereocenters. The molecular formula is C29H37F2N3O. The fourth-order valence-corrected chi connectivity index (χ4v) is 4.92. The number of aliphatic imine (C=N–C) groups is 2. The fraction of sp³-hybridized carbons (Fsp3) is 0.448. The minimum absolute atomic E-state index is 0.0282. The summed E-state index contributed by atoms with van der Waals surface area (Å²) in [5.74, 6) is 0.154. The highest BCUT2D eigenvalue weighted by atomic mass is 19.1. The molecule has 0 aliphatic carbocycles. The van der Waals surface area contributed by atoms with Gasteiger partial charge in [0.2, 0.25) is 0 Å². The first kappa shape index (κ1) is 26.6. The van der Waals surface area contributed by atoms with Crippen LogP contribution < -0.4 is 0 Å². The van der Waals surface area contributed by atoms with Gasteiger partial charge in [-0.15, -0.1) is 0 Å². The van der Waals surface area contributed by atoms with Crippen LogP contribution in [0.3, 0.4) is 0 Å². The number of benzene rings is 2. The number of hydrogen-bond acceptors (Lipinski definition) is 4. The Morgan fingerprint density at radius 1 is 1.14 bits per heavy atom. The van der Waals surface area contributed by atoms with E-state index in [0.29, 0.717) is 45.7 Å². The third kappa shape index (κ3) is 5.16. The van der Waals surface area contributed by atoms with Crippen molar-refractivity contribution in [3.63, 3.8) is 0 Å². The zero-order chi connectivity index (χ0) is 25.9. The summed E-state index contributed by atoms with van der Waals surface area (Å²) in [4.78, 5) is 10.9. The van der Waals surface area contributed by atoms with Gasteiger partial charge in [0.15, 0.2) is 5.83 Å². The summed E-state index contributed by atoms with van der Waals surface area (Å²) in [5.41, 5.74) is 2.61. The van der Waals surface area contributed by atoms with Crippen LogP contribution in [0.4, 0.5) is 8.78 Å². The Bertz CT molecular complexity index is 1230. The second-order valence-electron chi connectivity index (χ2n) is 9.40. The molecule has 1 aliphatic heterocycles.